The Morgan fingerprint density at radius 3 is 2.59 bits per heavy atom. The Labute approximate surface area is 170 Å². The molecular formula is C21H22N2O5S. The summed E-state index contributed by atoms with van der Waals surface area (Å²) in [6, 6.07) is 14.2. The second-order valence-corrected chi connectivity index (χ2v) is 8.71. The summed E-state index contributed by atoms with van der Waals surface area (Å²) < 4.78 is 38.3. The highest BCUT2D eigenvalue weighted by molar-refractivity contribution is 7.89. The van der Waals surface area contributed by atoms with Crippen molar-refractivity contribution in [3.8, 4) is 5.75 Å². The molecular weight excluding hydrogens is 392 g/mol. The van der Waals surface area contributed by atoms with E-state index >= 15 is 0 Å². The van der Waals surface area contributed by atoms with Gasteiger partial charge in [0.1, 0.15) is 12.4 Å². The molecule has 0 unspecified atom stereocenters. The molecule has 29 heavy (non-hydrogen) atoms. The molecule has 0 spiro atoms. The molecule has 1 N–H and O–H groups in total. The van der Waals surface area contributed by atoms with Crippen LogP contribution in [0.4, 0.5) is 0 Å². The van der Waals surface area contributed by atoms with Crippen molar-refractivity contribution in [1.29, 1.82) is 0 Å². The van der Waals surface area contributed by atoms with Gasteiger partial charge in [0.05, 0.1) is 23.7 Å². The van der Waals surface area contributed by atoms with Crippen LogP contribution in [0, 0.1) is 0 Å². The predicted molar refractivity (Wildman–Crippen MR) is 108 cm³/mol. The van der Waals surface area contributed by atoms with Crippen LogP contribution in [0.5, 0.6) is 5.75 Å². The number of carbonyl (C=O) groups excluding carboxylic acids is 1. The molecule has 152 valence electrons. The minimum Gasteiger partial charge on any atom is -0.488 e. The normalized spacial score (nSPS) is 17.0. The molecule has 0 radical (unpaired) electrons. The zero-order chi connectivity index (χ0) is 20.3. The van der Waals surface area contributed by atoms with Crippen LogP contribution < -0.4 is 10.1 Å². The fourth-order valence-corrected chi connectivity index (χ4v) is 4.99. The highest BCUT2D eigenvalue weighted by Crippen LogP contribution is 2.26. The molecule has 1 amide bonds. The number of ether oxygens (including phenoxy) is 2. The molecule has 0 saturated carbocycles. The van der Waals surface area contributed by atoms with Gasteiger partial charge in [-0.3, -0.25) is 4.79 Å². The van der Waals surface area contributed by atoms with Gasteiger partial charge < -0.3 is 14.8 Å². The standard InChI is InChI=1S/C21H22N2O5S/c24-21(18-13-16-5-1-3-7-19(16)28-15-18)22-14-17-6-2-4-8-20(17)29(25,26)23-9-11-27-12-10-23/h1-8,13H,9-12,14-15H2,(H,22,24). The third-order valence-electron chi connectivity index (χ3n) is 4.92. The Morgan fingerprint density at radius 2 is 1.76 bits per heavy atom. The molecule has 2 aromatic carbocycles. The number of amides is 1. The lowest BCUT2D eigenvalue weighted by Crippen LogP contribution is -2.41. The van der Waals surface area contributed by atoms with Gasteiger partial charge in [0.15, 0.2) is 0 Å². The first-order chi connectivity index (χ1) is 14.1. The van der Waals surface area contributed by atoms with Crippen LogP contribution in [0.25, 0.3) is 6.08 Å². The zero-order valence-corrected chi connectivity index (χ0v) is 16.7. The van der Waals surface area contributed by atoms with Crippen LogP contribution in [0.3, 0.4) is 0 Å². The molecule has 4 rings (SSSR count). The van der Waals surface area contributed by atoms with Crippen LogP contribution in [-0.4, -0.2) is 51.5 Å². The summed E-state index contributed by atoms with van der Waals surface area (Å²) in [7, 11) is -3.64. The Hall–Kier alpha value is -2.68. The smallest absolute Gasteiger partial charge is 0.250 e. The molecule has 0 atom stereocenters. The Balaban J connectivity index is 1.50. The number of sulfonamides is 1. The van der Waals surface area contributed by atoms with Gasteiger partial charge in [-0.1, -0.05) is 36.4 Å². The Kier molecular flexibility index (Phi) is 5.66. The fraction of sp³-hybridized carbons (Fsp3) is 0.286. The van der Waals surface area contributed by atoms with Crippen LogP contribution in [-0.2, 0) is 26.1 Å². The number of hydrogen-bond donors (Lipinski definition) is 1. The van der Waals surface area contributed by atoms with E-state index in [9.17, 15) is 13.2 Å². The van der Waals surface area contributed by atoms with Gasteiger partial charge in [-0.05, 0) is 23.8 Å². The van der Waals surface area contributed by atoms with Crippen molar-refractivity contribution in [3.63, 3.8) is 0 Å². The topological polar surface area (TPSA) is 84.9 Å². The first-order valence-corrected chi connectivity index (χ1v) is 10.9. The maximum atomic E-state index is 13.0. The van der Waals surface area contributed by atoms with Gasteiger partial charge in [-0.25, -0.2) is 8.42 Å². The maximum absolute atomic E-state index is 13.0. The number of rotatable bonds is 5. The van der Waals surface area contributed by atoms with Gasteiger partial charge >= 0.3 is 0 Å². The Morgan fingerprint density at radius 1 is 1.03 bits per heavy atom. The maximum Gasteiger partial charge on any atom is 0.250 e. The monoisotopic (exact) mass is 414 g/mol. The quantitative estimate of drug-likeness (QED) is 0.807. The predicted octanol–water partition coefficient (Wildman–Crippen LogP) is 1.80. The van der Waals surface area contributed by atoms with Gasteiger partial charge in [-0.2, -0.15) is 4.31 Å². The molecule has 0 aliphatic carbocycles. The minimum atomic E-state index is -3.64. The summed E-state index contributed by atoms with van der Waals surface area (Å²) in [5.41, 5.74) is 1.89. The molecule has 1 fully saturated rings. The largest absolute Gasteiger partial charge is 0.488 e. The zero-order valence-electron chi connectivity index (χ0n) is 15.8. The van der Waals surface area contributed by atoms with Gasteiger partial charge in [-0.15, -0.1) is 0 Å². The summed E-state index contributed by atoms with van der Waals surface area (Å²) >= 11 is 0. The van der Waals surface area contributed by atoms with E-state index in [4.69, 9.17) is 9.47 Å². The highest BCUT2D eigenvalue weighted by Gasteiger charge is 2.28. The average molecular weight is 414 g/mol. The summed E-state index contributed by atoms with van der Waals surface area (Å²) in [4.78, 5) is 12.8. The van der Waals surface area contributed by atoms with Crippen molar-refractivity contribution in [1.82, 2.24) is 9.62 Å². The van der Waals surface area contributed by atoms with E-state index in [0.29, 0.717) is 37.4 Å². The van der Waals surface area contributed by atoms with E-state index in [0.717, 1.165) is 11.3 Å². The number of hydrogen-bond acceptors (Lipinski definition) is 5. The average Bonchev–Trinajstić information content (AvgIpc) is 2.78. The third-order valence-corrected chi connectivity index (χ3v) is 6.92. The number of carbonyl (C=O) groups is 1. The molecule has 2 aliphatic heterocycles. The summed E-state index contributed by atoms with van der Waals surface area (Å²) in [5.74, 6) is 0.462. The van der Waals surface area contributed by atoms with Crippen LogP contribution in [0.1, 0.15) is 11.1 Å². The molecule has 2 aliphatic rings. The molecule has 7 nitrogen and oxygen atoms in total. The van der Waals surface area contributed by atoms with Crippen molar-refractivity contribution < 1.29 is 22.7 Å². The van der Waals surface area contributed by atoms with Crippen molar-refractivity contribution in [2.45, 2.75) is 11.4 Å². The lowest BCUT2D eigenvalue weighted by Gasteiger charge is -2.27. The molecule has 0 aromatic heterocycles. The molecule has 8 heteroatoms. The van der Waals surface area contributed by atoms with Crippen LogP contribution in [0.15, 0.2) is 59.0 Å². The fourth-order valence-electron chi connectivity index (χ4n) is 3.36. The second-order valence-electron chi connectivity index (χ2n) is 6.80. The van der Waals surface area contributed by atoms with Crippen LogP contribution >= 0.6 is 0 Å². The lowest BCUT2D eigenvalue weighted by atomic mass is 10.1. The second kappa shape index (κ2) is 8.36. The van der Waals surface area contributed by atoms with Crippen molar-refractivity contribution in [3.05, 3.63) is 65.2 Å². The van der Waals surface area contributed by atoms with E-state index in [-0.39, 0.29) is 24.0 Å². The summed E-state index contributed by atoms with van der Waals surface area (Å²) in [5, 5.41) is 2.82. The van der Waals surface area contributed by atoms with Gasteiger partial charge in [0.2, 0.25) is 10.0 Å². The molecule has 1 saturated heterocycles. The highest BCUT2D eigenvalue weighted by atomic mass is 32.2. The number of benzene rings is 2. The number of fused-ring (bicyclic) bond motifs is 1. The van der Waals surface area contributed by atoms with E-state index in [1.807, 2.05) is 24.3 Å². The van der Waals surface area contributed by atoms with Crippen molar-refractivity contribution in [2.75, 3.05) is 32.9 Å². The van der Waals surface area contributed by atoms with Gasteiger partial charge in [0, 0.05) is 25.2 Å². The summed E-state index contributed by atoms with van der Waals surface area (Å²) in [6.07, 6.45) is 1.80. The number of morpholine rings is 1. The van der Waals surface area contributed by atoms with Crippen molar-refractivity contribution >= 4 is 22.0 Å². The van der Waals surface area contributed by atoms with Crippen LogP contribution in [0.2, 0.25) is 0 Å². The first kappa shape index (κ1) is 19.6. The minimum absolute atomic E-state index is 0.109. The van der Waals surface area contributed by atoms with E-state index < -0.39 is 10.0 Å². The van der Waals surface area contributed by atoms with Gasteiger partial charge in [0.25, 0.3) is 5.91 Å². The third kappa shape index (κ3) is 4.19. The van der Waals surface area contributed by atoms with Crippen molar-refractivity contribution in [2.24, 2.45) is 0 Å². The molecule has 2 heterocycles. The first-order valence-electron chi connectivity index (χ1n) is 9.42. The summed E-state index contributed by atoms with van der Waals surface area (Å²) in [6.45, 7) is 1.70. The van der Waals surface area contributed by atoms with E-state index in [1.165, 1.54) is 4.31 Å². The molecule has 2 aromatic rings. The van der Waals surface area contributed by atoms with E-state index in [1.54, 1.807) is 30.3 Å². The number of nitrogens with zero attached hydrogens (tertiary/aromatic N) is 1. The number of para-hydroxylation sites is 1. The Bertz CT molecular complexity index is 1040. The number of nitrogens with one attached hydrogen (secondary N) is 1. The lowest BCUT2D eigenvalue weighted by molar-refractivity contribution is -0.117. The SMILES string of the molecule is O=C(NCc1ccccc1S(=O)(=O)N1CCOCC1)C1=Cc2ccccc2OC1. The van der Waals surface area contributed by atoms with E-state index in [2.05, 4.69) is 5.32 Å². The molecule has 0 bridgehead atoms.